The fourth-order valence-corrected chi connectivity index (χ4v) is 5.88. The highest BCUT2D eigenvalue weighted by molar-refractivity contribution is 8.26. The van der Waals surface area contributed by atoms with Gasteiger partial charge in [0.2, 0.25) is 0 Å². The molecule has 8 heteroatoms. The van der Waals surface area contributed by atoms with Crippen molar-refractivity contribution in [3.63, 3.8) is 0 Å². The third-order valence-corrected chi connectivity index (χ3v) is 7.42. The third kappa shape index (κ3) is 4.48. The largest absolute Gasteiger partial charge is 0.355 e. The Morgan fingerprint density at radius 3 is 2.62 bits per heavy atom. The Morgan fingerprint density at radius 1 is 1.22 bits per heavy atom. The molecule has 2 aliphatic rings. The van der Waals surface area contributed by atoms with E-state index in [0.717, 1.165) is 37.9 Å². The molecule has 0 N–H and O–H groups in total. The predicted molar refractivity (Wildman–Crippen MR) is 136 cm³/mol. The summed E-state index contributed by atoms with van der Waals surface area (Å²) in [6.45, 7) is 10.8. The standard InChI is InChI=1S/C24H30N4O2S2/c1-5-6-9-27-23(30)19(32-24(27)31)11-18-21(26-12-16(3)10-17(4)13-26)25-20-8-7-15(2)14-28(20)22(18)29/h7-8,11,14,16-17H,5-6,9-10,12-13H2,1-4H3/b19-11+. The summed E-state index contributed by atoms with van der Waals surface area (Å²) >= 11 is 6.73. The summed E-state index contributed by atoms with van der Waals surface area (Å²) < 4.78 is 2.14. The van der Waals surface area contributed by atoms with Crippen molar-refractivity contribution in [2.24, 2.45) is 11.8 Å². The van der Waals surface area contributed by atoms with Gasteiger partial charge in [-0.2, -0.15) is 0 Å². The van der Waals surface area contributed by atoms with E-state index in [2.05, 4.69) is 25.7 Å². The van der Waals surface area contributed by atoms with Crippen LogP contribution < -0.4 is 10.5 Å². The first kappa shape index (κ1) is 23.0. The molecule has 1 amide bonds. The van der Waals surface area contributed by atoms with Gasteiger partial charge in [-0.25, -0.2) is 4.98 Å². The van der Waals surface area contributed by atoms with Crippen molar-refractivity contribution < 1.29 is 4.79 Å². The Morgan fingerprint density at radius 2 is 1.94 bits per heavy atom. The average Bonchev–Trinajstić information content (AvgIpc) is 3.00. The van der Waals surface area contributed by atoms with Gasteiger partial charge in [-0.05, 0) is 49.3 Å². The summed E-state index contributed by atoms with van der Waals surface area (Å²) in [4.78, 5) is 35.9. The summed E-state index contributed by atoms with van der Waals surface area (Å²) in [6.07, 6.45) is 6.57. The van der Waals surface area contributed by atoms with E-state index in [4.69, 9.17) is 17.2 Å². The number of amides is 1. The molecule has 0 spiro atoms. The number of aryl methyl sites for hydroxylation is 1. The van der Waals surface area contributed by atoms with Gasteiger partial charge < -0.3 is 4.90 Å². The van der Waals surface area contributed by atoms with E-state index in [1.54, 1.807) is 21.6 Å². The number of thiocarbonyl (C=S) groups is 1. The second-order valence-electron chi connectivity index (χ2n) is 9.13. The molecular formula is C24H30N4O2S2. The van der Waals surface area contributed by atoms with E-state index in [9.17, 15) is 9.59 Å². The number of rotatable bonds is 5. The maximum Gasteiger partial charge on any atom is 0.267 e. The summed E-state index contributed by atoms with van der Waals surface area (Å²) in [7, 11) is 0. The third-order valence-electron chi connectivity index (χ3n) is 6.04. The highest BCUT2D eigenvalue weighted by Crippen LogP contribution is 2.34. The zero-order valence-electron chi connectivity index (χ0n) is 19.1. The predicted octanol–water partition coefficient (Wildman–Crippen LogP) is 4.49. The fraction of sp³-hybridized carbons (Fsp3) is 0.500. The van der Waals surface area contributed by atoms with Gasteiger partial charge in [-0.15, -0.1) is 0 Å². The molecule has 2 aromatic heterocycles. The molecule has 0 aliphatic carbocycles. The minimum Gasteiger partial charge on any atom is -0.355 e. The molecule has 32 heavy (non-hydrogen) atoms. The molecule has 2 saturated heterocycles. The van der Waals surface area contributed by atoms with Gasteiger partial charge in [0.15, 0.2) is 0 Å². The summed E-state index contributed by atoms with van der Waals surface area (Å²) in [5.41, 5.74) is 1.91. The lowest BCUT2D eigenvalue weighted by atomic mass is 9.91. The number of carbonyl (C=O) groups excluding carboxylic acids is 1. The molecule has 4 heterocycles. The Hall–Kier alpha value is -2.19. The van der Waals surface area contributed by atoms with Crippen molar-refractivity contribution in [2.75, 3.05) is 24.5 Å². The van der Waals surface area contributed by atoms with Crippen molar-refractivity contribution in [2.45, 2.75) is 47.0 Å². The van der Waals surface area contributed by atoms with Gasteiger partial charge in [0, 0.05) is 25.8 Å². The molecule has 170 valence electrons. The lowest BCUT2D eigenvalue weighted by Gasteiger charge is -2.36. The van der Waals surface area contributed by atoms with Gasteiger partial charge in [-0.1, -0.05) is 57.2 Å². The number of nitrogens with zero attached hydrogens (tertiary/aromatic N) is 4. The topological polar surface area (TPSA) is 57.9 Å². The molecule has 2 aromatic rings. The van der Waals surface area contributed by atoms with Crippen LogP contribution in [0.1, 0.15) is 51.2 Å². The second kappa shape index (κ2) is 9.35. The Kier molecular flexibility index (Phi) is 6.72. The van der Waals surface area contributed by atoms with Gasteiger partial charge in [-0.3, -0.25) is 18.9 Å². The normalized spacial score (nSPS) is 23.1. The Balaban J connectivity index is 1.84. The number of thioether (sulfide) groups is 1. The van der Waals surface area contributed by atoms with E-state index in [1.807, 2.05) is 19.1 Å². The quantitative estimate of drug-likeness (QED) is 0.474. The number of piperidine rings is 1. The minimum atomic E-state index is -0.154. The molecule has 2 aliphatic heterocycles. The SMILES string of the molecule is CCCCN1C(=O)/C(=C\c2c(N3CC(C)CC(C)C3)nc3ccc(C)cn3c2=O)SC1=S. The molecule has 4 rings (SSSR count). The van der Waals surface area contributed by atoms with Gasteiger partial charge in [0.05, 0.1) is 10.5 Å². The van der Waals surface area contributed by atoms with E-state index in [1.165, 1.54) is 11.8 Å². The zero-order chi connectivity index (χ0) is 23.0. The number of hydrogen-bond donors (Lipinski definition) is 0. The van der Waals surface area contributed by atoms with Gasteiger partial charge >= 0.3 is 0 Å². The molecule has 2 fully saturated rings. The van der Waals surface area contributed by atoms with E-state index >= 15 is 0 Å². The number of hydrogen-bond acceptors (Lipinski definition) is 6. The zero-order valence-corrected chi connectivity index (χ0v) is 20.8. The summed E-state index contributed by atoms with van der Waals surface area (Å²) in [6, 6.07) is 3.84. The van der Waals surface area contributed by atoms with E-state index < -0.39 is 0 Å². The van der Waals surface area contributed by atoms with Crippen LogP contribution in [0.15, 0.2) is 28.0 Å². The van der Waals surface area contributed by atoms with E-state index in [-0.39, 0.29) is 11.5 Å². The number of carbonyl (C=O) groups is 1. The highest BCUT2D eigenvalue weighted by Gasteiger charge is 2.33. The van der Waals surface area contributed by atoms with Crippen LogP contribution in [0.4, 0.5) is 5.82 Å². The van der Waals surface area contributed by atoms with Crippen LogP contribution in [0.2, 0.25) is 0 Å². The van der Waals surface area contributed by atoms with E-state index in [0.29, 0.717) is 44.6 Å². The number of anilines is 1. The number of unbranched alkanes of at least 4 members (excludes halogenated alkanes) is 1. The average molecular weight is 471 g/mol. The van der Waals surface area contributed by atoms with Crippen LogP contribution in [0, 0.1) is 18.8 Å². The Labute approximate surface area is 198 Å². The fourth-order valence-electron chi connectivity index (χ4n) is 4.59. The number of aromatic nitrogens is 2. The lowest BCUT2D eigenvalue weighted by Crippen LogP contribution is -2.40. The minimum absolute atomic E-state index is 0.117. The lowest BCUT2D eigenvalue weighted by molar-refractivity contribution is -0.122. The van der Waals surface area contributed by atoms with Crippen molar-refractivity contribution in [1.82, 2.24) is 14.3 Å². The Bertz CT molecular complexity index is 1150. The van der Waals surface area contributed by atoms with Crippen molar-refractivity contribution >= 4 is 51.7 Å². The first-order valence-corrected chi connectivity index (χ1v) is 12.5. The van der Waals surface area contributed by atoms with Crippen molar-refractivity contribution in [3.8, 4) is 0 Å². The summed E-state index contributed by atoms with van der Waals surface area (Å²) in [5, 5.41) is 0. The molecule has 2 atom stereocenters. The van der Waals surface area contributed by atoms with Gasteiger partial charge in [0.25, 0.3) is 11.5 Å². The van der Waals surface area contributed by atoms with Crippen LogP contribution in [0.3, 0.4) is 0 Å². The summed E-state index contributed by atoms with van der Waals surface area (Å²) in [5.74, 6) is 1.57. The first-order chi connectivity index (χ1) is 15.3. The van der Waals surface area contributed by atoms with Crippen molar-refractivity contribution in [1.29, 1.82) is 0 Å². The molecule has 0 saturated carbocycles. The molecular weight excluding hydrogens is 440 g/mol. The second-order valence-corrected chi connectivity index (χ2v) is 10.8. The highest BCUT2D eigenvalue weighted by atomic mass is 32.2. The first-order valence-electron chi connectivity index (χ1n) is 11.3. The maximum atomic E-state index is 13.6. The molecule has 0 bridgehead atoms. The van der Waals surface area contributed by atoms with Crippen LogP contribution in [0.25, 0.3) is 11.7 Å². The maximum absolute atomic E-state index is 13.6. The van der Waals surface area contributed by atoms with Crippen molar-refractivity contribution in [3.05, 3.63) is 44.7 Å². The van der Waals surface area contributed by atoms with Gasteiger partial charge in [0.1, 0.15) is 15.8 Å². The smallest absolute Gasteiger partial charge is 0.267 e. The van der Waals surface area contributed by atoms with Crippen LogP contribution in [-0.4, -0.2) is 44.1 Å². The molecule has 0 radical (unpaired) electrons. The molecule has 6 nitrogen and oxygen atoms in total. The monoisotopic (exact) mass is 470 g/mol. The van der Waals surface area contributed by atoms with Crippen LogP contribution >= 0.6 is 24.0 Å². The molecule has 0 aromatic carbocycles. The van der Waals surface area contributed by atoms with Crippen LogP contribution in [-0.2, 0) is 4.79 Å². The number of pyridine rings is 1. The number of fused-ring (bicyclic) bond motifs is 1. The van der Waals surface area contributed by atoms with Crippen LogP contribution in [0.5, 0.6) is 0 Å². The molecule has 2 unspecified atom stereocenters.